The van der Waals surface area contributed by atoms with E-state index in [0.29, 0.717) is 12.5 Å². The van der Waals surface area contributed by atoms with Crippen LogP contribution in [0, 0.1) is 5.92 Å². The molecule has 3 rings (SSSR count). The number of nitrogens with one attached hydrogen (secondary N) is 1. The maximum absolute atomic E-state index is 12.5. The highest BCUT2D eigenvalue weighted by atomic mass is 16.2. The Morgan fingerprint density at radius 2 is 1.84 bits per heavy atom. The molecule has 2 atom stereocenters. The van der Waals surface area contributed by atoms with Crippen LogP contribution in [0.4, 0.5) is 11.4 Å². The summed E-state index contributed by atoms with van der Waals surface area (Å²) < 4.78 is 0. The molecule has 1 N–H and O–H groups in total. The number of rotatable bonds is 5. The molecule has 4 heteroatoms. The van der Waals surface area contributed by atoms with Crippen molar-refractivity contribution < 1.29 is 9.59 Å². The molecule has 0 radical (unpaired) electrons. The van der Waals surface area contributed by atoms with Crippen LogP contribution < -0.4 is 10.2 Å². The molecule has 0 spiro atoms. The van der Waals surface area contributed by atoms with Crippen molar-refractivity contribution in [3.05, 3.63) is 60.2 Å². The Hall–Kier alpha value is -2.62. The number of hydrogen-bond acceptors (Lipinski definition) is 2. The zero-order valence-corrected chi connectivity index (χ0v) is 14.7. The lowest BCUT2D eigenvalue weighted by atomic mass is 9.98. The van der Waals surface area contributed by atoms with Crippen molar-refractivity contribution in [1.82, 2.24) is 0 Å². The average Bonchev–Trinajstić information content (AvgIpc) is 3.04. The molecule has 1 saturated heterocycles. The van der Waals surface area contributed by atoms with E-state index in [1.165, 1.54) is 5.56 Å². The summed E-state index contributed by atoms with van der Waals surface area (Å²) in [6, 6.07) is 17.5. The van der Waals surface area contributed by atoms with Gasteiger partial charge in [0.1, 0.15) is 0 Å². The minimum atomic E-state index is -0.318. The number of hydrogen-bond donors (Lipinski definition) is 1. The zero-order chi connectivity index (χ0) is 17.8. The maximum Gasteiger partial charge on any atom is 0.229 e. The highest BCUT2D eigenvalue weighted by molar-refractivity contribution is 6.03. The Labute approximate surface area is 148 Å². The van der Waals surface area contributed by atoms with Crippen LogP contribution in [0.5, 0.6) is 0 Å². The maximum atomic E-state index is 12.5. The highest BCUT2D eigenvalue weighted by Crippen LogP contribution is 2.26. The van der Waals surface area contributed by atoms with E-state index in [-0.39, 0.29) is 24.2 Å². The fourth-order valence-electron chi connectivity index (χ4n) is 3.12. The van der Waals surface area contributed by atoms with Crippen LogP contribution in [0.2, 0.25) is 0 Å². The van der Waals surface area contributed by atoms with Gasteiger partial charge in [0.25, 0.3) is 0 Å². The lowest BCUT2D eigenvalue weighted by Crippen LogP contribution is -2.28. The topological polar surface area (TPSA) is 49.4 Å². The van der Waals surface area contributed by atoms with E-state index in [9.17, 15) is 9.59 Å². The van der Waals surface area contributed by atoms with Crippen LogP contribution in [-0.4, -0.2) is 18.4 Å². The fraction of sp³-hybridized carbons (Fsp3) is 0.333. The fourth-order valence-corrected chi connectivity index (χ4v) is 3.12. The van der Waals surface area contributed by atoms with Gasteiger partial charge in [-0.3, -0.25) is 9.59 Å². The van der Waals surface area contributed by atoms with Crippen molar-refractivity contribution >= 4 is 23.2 Å². The van der Waals surface area contributed by atoms with Crippen molar-refractivity contribution in [1.29, 1.82) is 0 Å². The molecule has 1 heterocycles. The number of nitrogens with zero attached hydrogens (tertiary/aromatic N) is 1. The van der Waals surface area contributed by atoms with Crippen molar-refractivity contribution in [3.8, 4) is 0 Å². The molecule has 0 unspecified atom stereocenters. The number of carbonyl (C=O) groups is 2. The molecule has 1 aliphatic rings. The molecule has 1 fully saturated rings. The van der Waals surface area contributed by atoms with E-state index in [2.05, 4.69) is 31.3 Å². The Balaban J connectivity index is 1.63. The predicted molar refractivity (Wildman–Crippen MR) is 101 cm³/mol. The normalized spacial score (nSPS) is 18.2. The minimum Gasteiger partial charge on any atom is -0.326 e. The number of benzene rings is 2. The van der Waals surface area contributed by atoms with Gasteiger partial charge in [0.2, 0.25) is 11.8 Å². The van der Waals surface area contributed by atoms with Gasteiger partial charge in [-0.15, -0.1) is 0 Å². The first kappa shape index (κ1) is 17.2. The van der Waals surface area contributed by atoms with Gasteiger partial charge in [-0.25, -0.2) is 0 Å². The van der Waals surface area contributed by atoms with Crippen LogP contribution in [0.15, 0.2) is 54.6 Å². The third-order valence-corrected chi connectivity index (χ3v) is 4.92. The Morgan fingerprint density at radius 3 is 2.48 bits per heavy atom. The summed E-state index contributed by atoms with van der Waals surface area (Å²) in [6.45, 7) is 4.78. The molecule has 0 saturated carbocycles. The zero-order valence-electron chi connectivity index (χ0n) is 14.7. The van der Waals surface area contributed by atoms with Gasteiger partial charge in [-0.05, 0) is 42.2 Å². The van der Waals surface area contributed by atoms with E-state index in [1.54, 1.807) is 4.90 Å². The molecule has 0 bridgehead atoms. The summed E-state index contributed by atoms with van der Waals surface area (Å²) >= 11 is 0. The van der Waals surface area contributed by atoms with Gasteiger partial charge in [0, 0.05) is 24.3 Å². The lowest BCUT2D eigenvalue weighted by molar-refractivity contribution is -0.122. The van der Waals surface area contributed by atoms with Crippen LogP contribution in [0.25, 0.3) is 0 Å². The third-order valence-electron chi connectivity index (χ3n) is 4.92. The molecule has 1 aliphatic heterocycles. The van der Waals surface area contributed by atoms with Crippen molar-refractivity contribution in [3.63, 3.8) is 0 Å². The first-order valence-electron chi connectivity index (χ1n) is 8.84. The Morgan fingerprint density at radius 1 is 1.16 bits per heavy atom. The number of amides is 2. The lowest BCUT2D eigenvalue weighted by Gasteiger charge is -2.16. The second-order valence-corrected chi connectivity index (χ2v) is 6.66. The van der Waals surface area contributed by atoms with Crippen molar-refractivity contribution in [2.75, 3.05) is 16.8 Å². The Bertz CT molecular complexity index is 740. The smallest absolute Gasteiger partial charge is 0.229 e. The van der Waals surface area contributed by atoms with Gasteiger partial charge in [-0.1, -0.05) is 44.2 Å². The van der Waals surface area contributed by atoms with E-state index >= 15 is 0 Å². The summed E-state index contributed by atoms with van der Waals surface area (Å²) in [4.78, 5) is 26.5. The minimum absolute atomic E-state index is 0.00142. The van der Waals surface area contributed by atoms with Gasteiger partial charge >= 0.3 is 0 Å². The number of para-hydroxylation sites is 1. The quantitative estimate of drug-likeness (QED) is 0.890. The van der Waals surface area contributed by atoms with Gasteiger partial charge in [-0.2, -0.15) is 0 Å². The first-order valence-corrected chi connectivity index (χ1v) is 8.84. The monoisotopic (exact) mass is 336 g/mol. The van der Waals surface area contributed by atoms with E-state index in [4.69, 9.17) is 0 Å². The average molecular weight is 336 g/mol. The first-order chi connectivity index (χ1) is 12.1. The standard InChI is InChI=1S/C21H24N2O2/c1-3-15(2)16-9-11-18(12-10-16)22-21(25)17-13-20(24)23(14-17)19-7-5-4-6-8-19/h4-12,15,17H,3,13-14H2,1-2H3,(H,22,25)/t15-,17-/m1/s1. The third kappa shape index (κ3) is 3.90. The van der Waals surface area contributed by atoms with E-state index < -0.39 is 0 Å². The molecule has 2 aromatic rings. The van der Waals surface area contributed by atoms with E-state index in [0.717, 1.165) is 17.8 Å². The number of anilines is 2. The van der Waals surface area contributed by atoms with Gasteiger partial charge in [0.15, 0.2) is 0 Å². The molecule has 4 nitrogen and oxygen atoms in total. The molecule has 0 aromatic heterocycles. The molecule has 2 aromatic carbocycles. The van der Waals surface area contributed by atoms with Crippen LogP contribution >= 0.6 is 0 Å². The summed E-state index contributed by atoms with van der Waals surface area (Å²) in [6.07, 6.45) is 1.34. The number of carbonyl (C=O) groups excluding carboxylic acids is 2. The van der Waals surface area contributed by atoms with Crippen molar-refractivity contribution in [2.24, 2.45) is 5.92 Å². The van der Waals surface area contributed by atoms with Crippen molar-refractivity contribution in [2.45, 2.75) is 32.6 Å². The Kier molecular flexibility index (Phi) is 5.17. The largest absolute Gasteiger partial charge is 0.326 e. The second kappa shape index (κ2) is 7.51. The van der Waals surface area contributed by atoms with Gasteiger partial charge < -0.3 is 10.2 Å². The van der Waals surface area contributed by atoms with Crippen LogP contribution in [0.1, 0.15) is 38.2 Å². The summed E-state index contributed by atoms with van der Waals surface area (Å²) in [5.41, 5.74) is 2.90. The molecular weight excluding hydrogens is 312 g/mol. The van der Waals surface area contributed by atoms with E-state index in [1.807, 2.05) is 42.5 Å². The molecular formula is C21H24N2O2. The summed E-state index contributed by atoms with van der Waals surface area (Å²) in [5, 5.41) is 2.94. The molecule has 25 heavy (non-hydrogen) atoms. The molecule has 2 amide bonds. The second-order valence-electron chi connectivity index (χ2n) is 6.66. The summed E-state index contributed by atoms with van der Waals surface area (Å²) in [7, 11) is 0. The molecule has 130 valence electrons. The summed E-state index contributed by atoms with van der Waals surface area (Å²) in [5.74, 6) is 0.0973. The van der Waals surface area contributed by atoms with Gasteiger partial charge in [0.05, 0.1) is 5.92 Å². The molecule has 0 aliphatic carbocycles. The van der Waals surface area contributed by atoms with Crippen LogP contribution in [-0.2, 0) is 9.59 Å². The van der Waals surface area contributed by atoms with Crippen LogP contribution in [0.3, 0.4) is 0 Å². The predicted octanol–water partition coefficient (Wildman–Crippen LogP) is 4.19. The SMILES string of the molecule is CC[C@@H](C)c1ccc(NC(=O)[C@@H]2CC(=O)N(c3ccccc3)C2)cc1. The highest BCUT2D eigenvalue weighted by Gasteiger charge is 2.35.